The van der Waals surface area contributed by atoms with E-state index in [1.807, 2.05) is 44.4 Å². The van der Waals surface area contributed by atoms with Crippen LogP contribution in [-0.4, -0.2) is 76.5 Å². The van der Waals surface area contributed by atoms with Crippen LogP contribution in [0.3, 0.4) is 0 Å². The number of hydrogen-bond donors (Lipinski definition) is 1. The molecule has 0 atom stereocenters. The van der Waals surface area contributed by atoms with Gasteiger partial charge in [0.1, 0.15) is 5.60 Å². The normalized spacial score (nSPS) is 17.5. The first-order valence-corrected chi connectivity index (χ1v) is 12.0. The van der Waals surface area contributed by atoms with E-state index in [4.69, 9.17) is 4.74 Å². The summed E-state index contributed by atoms with van der Waals surface area (Å²) in [5, 5.41) is 8.04. The maximum Gasteiger partial charge on any atom is 0.410 e. The largest absolute Gasteiger partial charge is 0.444 e. The molecule has 2 fully saturated rings. The molecule has 0 spiro atoms. The van der Waals surface area contributed by atoms with Crippen LogP contribution in [0.4, 0.5) is 4.79 Å². The van der Waals surface area contributed by atoms with E-state index in [-0.39, 0.29) is 36.1 Å². The van der Waals surface area contributed by atoms with Crippen molar-refractivity contribution in [3.8, 4) is 0 Å². The van der Waals surface area contributed by atoms with Gasteiger partial charge in [0.2, 0.25) is 0 Å². The Morgan fingerprint density at radius 2 is 1.85 bits per heavy atom. The second kappa shape index (κ2) is 11.8. The van der Waals surface area contributed by atoms with Crippen molar-refractivity contribution in [3.05, 3.63) is 17.0 Å². The third kappa shape index (κ3) is 7.75. The maximum absolute atomic E-state index is 12.9. The molecule has 0 radical (unpaired) electrons. The maximum atomic E-state index is 12.9. The number of carbonyl (C=O) groups excluding carboxylic acids is 1. The van der Waals surface area contributed by atoms with Gasteiger partial charge in [0.05, 0.1) is 5.69 Å². The molecule has 2 heterocycles. The van der Waals surface area contributed by atoms with E-state index in [1.165, 1.54) is 24.1 Å². The summed E-state index contributed by atoms with van der Waals surface area (Å²) in [5.41, 5.74) is 3.16. The quantitative estimate of drug-likeness (QED) is 0.317. The zero-order chi connectivity index (χ0) is 23.5. The molecule has 0 bridgehead atoms. The van der Waals surface area contributed by atoms with Crippen molar-refractivity contribution in [2.75, 3.05) is 33.2 Å². The summed E-state index contributed by atoms with van der Waals surface area (Å²) in [5.74, 6) is 1.59. The molecule has 1 aromatic heterocycles. The molecule has 1 aromatic rings. The number of amides is 1. The number of aliphatic imine (C=N–C) groups is 1. The number of nitrogens with zero attached hydrogens (tertiary/aromatic N) is 5. The number of guanidine groups is 1. The van der Waals surface area contributed by atoms with E-state index in [0.717, 1.165) is 57.1 Å². The number of hydrogen-bond acceptors (Lipinski definition) is 4. The second-order valence-electron chi connectivity index (χ2n) is 10.3. The van der Waals surface area contributed by atoms with Crippen molar-refractivity contribution in [2.45, 2.75) is 78.4 Å². The number of aryl methyl sites for hydroxylation is 2. The number of ether oxygens (including phenoxy) is 1. The zero-order valence-corrected chi connectivity index (χ0v) is 23.8. The third-order valence-electron chi connectivity index (χ3n) is 6.51. The van der Waals surface area contributed by atoms with Crippen LogP contribution in [-0.2, 0) is 18.2 Å². The number of rotatable bonds is 6. The van der Waals surface area contributed by atoms with Gasteiger partial charge in [0.15, 0.2) is 5.96 Å². The fraction of sp³-hybridized carbons (Fsp3) is 0.792. The molecule has 33 heavy (non-hydrogen) atoms. The summed E-state index contributed by atoms with van der Waals surface area (Å²) in [6.07, 6.45) is 5.10. The lowest BCUT2D eigenvalue weighted by Crippen LogP contribution is -2.52. The predicted molar refractivity (Wildman–Crippen MR) is 143 cm³/mol. The Labute approximate surface area is 216 Å². The Balaban J connectivity index is 0.00000385. The first kappa shape index (κ1) is 27.7. The van der Waals surface area contributed by atoms with Crippen LogP contribution in [0.25, 0.3) is 0 Å². The molecule has 9 heteroatoms. The van der Waals surface area contributed by atoms with E-state index in [1.54, 1.807) is 0 Å². The van der Waals surface area contributed by atoms with Crippen molar-refractivity contribution < 1.29 is 9.53 Å². The van der Waals surface area contributed by atoms with Gasteiger partial charge in [0.25, 0.3) is 0 Å². The summed E-state index contributed by atoms with van der Waals surface area (Å²) >= 11 is 0. The highest BCUT2D eigenvalue weighted by atomic mass is 127. The minimum absolute atomic E-state index is 0. The molecule has 2 aliphatic rings. The van der Waals surface area contributed by atoms with Crippen LogP contribution < -0.4 is 5.32 Å². The summed E-state index contributed by atoms with van der Waals surface area (Å²) in [6, 6.07) is 0.237. The summed E-state index contributed by atoms with van der Waals surface area (Å²) in [7, 11) is 3.83. The fourth-order valence-electron chi connectivity index (χ4n) is 4.47. The molecule has 1 amide bonds. The monoisotopic (exact) mass is 574 g/mol. The molecular weight excluding hydrogens is 531 g/mol. The van der Waals surface area contributed by atoms with E-state index in [0.29, 0.717) is 5.92 Å². The second-order valence-corrected chi connectivity index (χ2v) is 10.3. The molecule has 8 nitrogen and oxygen atoms in total. The predicted octanol–water partition coefficient (Wildman–Crippen LogP) is 3.88. The van der Waals surface area contributed by atoms with Crippen LogP contribution in [0.15, 0.2) is 4.99 Å². The number of halogens is 1. The Morgan fingerprint density at radius 3 is 2.33 bits per heavy atom. The van der Waals surface area contributed by atoms with Gasteiger partial charge in [-0.3, -0.25) is 9.67 Å². The first-order valence-electron chi connectivity index (χ1n) is 12.0. The van der Waals surface area contributed by atoms with E-state index >= 15 is 0 Å². The van der Waals surface area contributed by atoms with Crippen molar-refractivity contribution >= 4 is 36.0 Å². The molecule has 0 unspecified atom stereocenters. The Bertz CT molecular complexity index is 820. The number of nitrogens with one attached hydrogen (secondary N) is 1. The summed E-state index contributed by atoms with van der Waals surface area (Å²) in [4.78, 5) is 21.7. The van der Waals surface area contributed by atoms with Crippen molar-refractivity contribution in [3.63, 3.8) is 0 Å². The minimum atomic E-state index is -0.462. The van der Waals surface area contributed by atoms with Gasteiger partial charge in [-0.2, -0.15) is 5.10 Å². The highest BCUT2D eigenvalue weighted by Gasteiger charge is 2.35. The Morgan fingerprint density at radius 1 is 1.21 bits per heavy atom. The lowest BCUT2D eigenvalue weighted by molar-refractivity contribution is 0.00928. The fourth-order valence-corrected chi connectivity index (χ4v) is 4.47. The van der Waals surface area contributed by atoms with Gasteiger partial charge in [-0.05, 0) is 78.2 Å². The first-order chi connectivity index (χ1) is 15.1. The average molecular weight is 575 g/mol. The molecule has 0 aromatic carbocycles. The standard InChI is InChI=1S/C24H42N6O2.HI/c1-17-21(18(2)28(7)27-17)10-13-26-22(25-6)29-14-11-20(12-15-29)30(16-19-8-9-19)23(31)32-24(3,4)5;/h19-20H,8-16H2,1-7H3,(H,25,26);1H. The molecule has 3 rings (SSSR count). The van der Waals surface area contributed by atoms with Crippen LogP contribution in [0.1, 0.15) is 63.4 Å². The molecule has 1 aliphatic heterocycles. The third-order valence-corrected chi connectivity index (χ3v) is 6.51. The average Bonchev–Trinajstić information content (AvgIpc) is 3.51. The lowest BCUT2D eigenvalue weighted by Gasteiger charge is -2.40. The molecule has 188 valence electrons. The van der Waals surface area contributed by atoms with Crippen molar-refractivity contribution in [1.82, 2.24) is 24.9 Å². The minimum Gasteiger partial charge on any atom is -0.444 e. The molecule has 1 saturated carbocycles. The Kier molecular flexibility index (Phi) is 9.87. The zero-order valence-electron chi connectivity index (χ0n) is 21.5. The smallest absolute Gasteiger partial charge is 0.410 e. The SMILES string of the molecule is CN=C(NCCc1c(C)nn(C)c1C)N1CCC(N(CC2CC2)C(=O)OC(C)(C)C)CC1.I. The number of aromatic nitrogens is 2. The van der Waals surface area contributed by atoms with Crippen LogP contribution in [0, 0.1) is 19.8 Å². The molecule has 1 N–H and O–H groups in total. The molecular formula is C24H43IN6O2. The van der Waals surface area contributed by atoms with E-state index in [2.05, 4.69) is 34.2 Å². The number of piperidine rings is 1. The van der Waals surface area contributed by atoms with Crippen molar-refractivity contribution in [2.24, 2.45) is 18.0 Å². The molecule has 1 aliphatic carbocycles. The number of carbonyl (C=O) groups is 1. The lowest BCUT2D eigenvalue weighted by atomic mass is 10.0. The van der Waals surface area contributed by atoms with Gasteiger partial charge in [-0.15, -0.1) is 24.0 Å². The van der Waals surface area contributed by atoms with Crippen molar-refractivity contribution in [1.29, 1.82) is 0 Å². The summed E-state index contributed by atoms with van der Waals surface area (Å²) in [6.45, 7) is 13.4. The highest BCUT2D eigenvalue weighted by molar-refractivity contribution is 14.0. The van der Waals surface area contributed by atoms with Gasteiger partial charge >= 0.3 is 6.09 Å². The van der Waals surface area contributed by atoms with E-state index in [9.17, 15) is 4.79 Å². The topological polar surface area (TPSA) is 75.0 Å². The number of likely N-dealkylation sites (tertiary alicyclic amines) is 1. The van der Waals surface area contributed by atoms with Crippen LogP contribution >= 0.6 is 24.0 Å². The highest BCUT2D eigenvalue weighted by Crippen LogP contribution is 2.32. The van der Waals surface area contributed by atoms with Gasteiger partial charge < -0.3 is 19.9 Å². The van der Waals surface area contributed by atoms with Gasteiger partial charge in [-0.25, -0.2) is 4.79 Å². The van der Waals surface area contributed by atoms with Gasteiger partial charge in [0, 0.05) is 52.0 Å². The van der Waals surface area contributed by atoms with Gasteiger partial charge in [-0.1, -0.05) is 0 Å². The van der Waals surface area contributed by atoms with E-state index < -0.39 is 5.60 Å². The van der Waals surface area contributed by atoms with Crippen LogP contribution in [0.5, 0.6) is 0 Å². The summed E-state index contributed by atoms with van der Waals surface area (Å²) < 4.78 is 7.67. The van der Waals surface area contributed by atoms with Crippen LogP contribution in [0.2, 0.25) is 0 Å². The Hall–Kier alpha value is -1.52. The molecule has 1 saturated heterocycles.